The lowest BCUT2D eigenvalue weighted by atomic mass is 9.87. The van der Waals surface area contributed by atoms with E-state index in [2.05, 4.69) is 17.1 Å². The maximum atomic E-state index is 11.6. The second kappa shape index (κ2) is 5.61. The number of aromatic nitrogens is 1. The summed E-state index contributed by atoms with van der Waals surface area (Å²) >= 11 is 1.53. The highest BCUT2D eigenvalue weighted by molar-refractivity contribution is 7.10. The molecule has 1 atom stereocenters. The summed E-state index contributed by atoms with van der Waals surface area (Å²) in [6, 6.07) is 23.8. The van der Waals surface area contributed by atoms with Gasteiger partial charge in [0.15, 0.2) is 5.60 Å². The number of pyridine rings is 1. The first kappa shape index (κ1) is 14.1. The maximum Gasteiger partial charge on any atom is 0.166 e. The zero-order valence-electron chi connectivity index (χ0n) is 12.4. The van der Waals surface area contributed by atoms with Crippen LogP contribution in [-0.4, -0.2) is 10.1 Å². The molecule has 4 rings (SSSR count). The molecule has 1 unspecified atom stereocenters. The van der Waals surface area contributed by atoms with Gasteiger partial charge in [-0.2, -0.15) is 0 Å². The number of thiophene rings is 1. The summed E-state index contributed by atoms with van der Waals surface area (Å²) in [5.41, 5.74) is 0.231. The van der Waals surface area contributed by atoms with E-state index in [-0.39, 0.29) is 0 Å². The molecule has 0 saturated carbocycles. The molecule has 0 bridgehead atoms. The number of aliphatic hydroxyl groups is 1. The number of hydrogen-bond acceptors (Lipinski definition) is 3. The third kappa shape index (κ3) is 2.34. The summed E-state index contributed by atoms with van der Waals surface area (Å²) in [6.07, 6.45) is 1.72. The van der Waals surface area contributed by atoms with Crippen molar-refractivity contribution < 1.29 is 5.11 Å². The van der Waals surface area contributed by atoms with E-state index in [4.69, 9.17) is 0 Å². The van der Waals surface area contributed by atoms with Crippen LogP contribution in [-0.2, 0) is 5.60 Å². The number of nitrogens with zero attached hydrogens (tertiary/aromatic N) is 1. The largest absolute Gasteiger partial charge is 0.374 e. The van der Waals surface area contributed by atoms with E-state index in [1.54, 1.807) is 6.20 Å². The van der Waals surface area contributed by atoms with Gasteiger partial charge in [-0.1, -0.05) is 48.5 Å². The number of rotatable bonds is 3. The van der Waals surface area contributed by atoms with Crippen molar-refractivity contribution >= 4 is 22.1 Å². The lowest BCUT2D eigenvalue weighted by Gasteiger charge is -2.27. The molecule has 0 aliphatic carbocycles. The highest BCUT2D eigenvalue weighted by Crippen LogP contribution is 2.38. The van der Waals surface area contributed by atoms with Crippen molar-refractivity contribution in [3.8, 4) is 0 Å². The monoisotopic (exact) mass is 317 g/mol. The lowest BCUT2D eigenvalue weighted by Crippen LogP contribution is -2.28. The van der Waals surface area contributed by atoms with Crippen molar-refractivity contribution in [3.63, 3.8) is 0 Å². The third-order valence-corrected chi connectivity index (χ3v) is 5.06. The molecule has 2 heterocycles. The van der Waals surface area contributed by atoms with Crippen molar-refractivity contribution in [2.45, 2.75) is 5.60 Å². The van der Waals surface area contributed by atoms with Crippen LogP contribution in [0.25, 0.3) is 10.8 Å². The highest BCUT2D eigenvalue weighted by Gasteiger charge is 2.36. The highest BCUT2D eigenvalue weighted by atomic mass is 32.1. The zero-order valence-corrected chi connectivity index (χ0v) is 13.2. The average Bonchev–Trinajstić information content (AvgIpc) is 3.16. The first-order valence-electron chi connectivity index (χ1n) is 7.45. The Bertz CT molecular complexity index is 934. The summed E-state index contributed by atoms with van der Waals surface area (Å²) in [5.74, 6) is 0. The average molecular weight is 317 g/mol. The normalized spacial score (nSPS) is 13.8. The maximum absolute atomic E-state index is 11.6. The summed E-state index contributed by atoms with van der Waals surface area (Å²) in [6.45, 7) is 0. The van der Waals surface area contributed by atoms with Gasteiger partial charge in [0.2, 0.25) is 0 Å². The Labute approximate surface area is 138 Å². The van der Waals surface area contributed by atoms with Crippen LogP contribution in [0.1, 0.15) is 16.1 Å². The number of benzene rings is 2. The Morgan fingerprint density at radius 2 is 1.65 bits per heavy atom. The van der Waals surface area contributed by atoms with E-state index in [1.807, 2.05) is 66.0 Å². The topological polar surface area (TPSA) is 33.1 Å². The van der Waals surface area contributed by atoms with Gasteiger partial charge in [-0.25, -0.2) is 0 Å². The van der Waals surface area contributed by atoms with Crippen LogP contribution in [0.15, 0.2) is 84.4 Å². The molecule has 1 N–H and O–H groups in total. The van der Waals surface area contributed by atoms with E-state index in [1.165, 1.54) is 11.3 Å². The second-order valence-electron chi connectivity index (χ2n) is 5.46. The van der Waals surface area contributed by atoms with Crippen LogP contribution in [0.4, 0.5) is 0 Å². The molecular weight excluding hydrogens is 302 g/mol. The molecule has 0 radical (unpaired) electrons. The van der Waals surface area contributed by atoms with Gasteiger partial charge in [0.1, 0.15) is 0 Å². The number of fused-ring (bicyclic) bond motifs is 1. The van der Waals surface area contributed by atoms with Gasteiger partial charge in [-0.05, 0) is 46.0 Å². The molecule has 112 valence electrons. The fraction of sp³-hybridized carbons (Fsp3) is 0.0500. The summed E-state index contributed by atoms with van der Waals surface area (Å²) in [4.78, 5) is 5.29. The van der Waals surface area contributed by atoms with E-state index in [9.17, 15) is 5.11 Å². The molecular formula is C20H15NOS. The summed E-state index contributed by atoms with van der Waals surface area (Å²) in [5, 5.41) is 15.9. The Balaban J connectivity index is 1.98. The summed E-state index contributed by atoms with van der Waals surface area (Å²) < 4.78 is 0. The Kier molecular flexibility index (Phi) is 3.45. The molecule has 0 saturated heterocycles. The van der Waals surface area contributed by atoms with Gasteiger partial charge >= 0.3 is 0 Å². The zero-order chi connectivity index (χ0) is 15.7. The molecule has 4 aromatic rings. The van der Waals surface area contributed by atoms with Crippen LogP contribution in [0.5, 0.6) is 0 Å². The van der Waals surface area contributed by atoms with Crippen molar-refractivity contribution in [1.82, 2.24) is 4.98 Å². The Hall–Kier alpha value is -2.49. The summed E-state index contributed by atoms with van der Waals surface area (Å²) in [7, 11) is 0. The molecule has 2 nitrogen and oxygen atoms in total. The van der Waals surface area contributed by atoms with Crippen molar-refractivity contribution in [3.05, 3.63) is 101 Å². The third-order valence-electron chi connectivity index (χ3n) is 4.08. The fourth-order valence-corrected chi connectivity index (χ4v) is 3.75. The molecule has 0 spiro atoms. The molecule has 0 aliphatic rings. The van der Waals surface area contributed by atoms with Gasteiger partial charge in [0.25, 0.3) is 0 Å². The van der Waals surface area contributed by atoms with E-state index >= 15 is 0 Å². The van der Waals surface area contributed by atoms with Crippen molar-refractivity contribution in [2.75, 3.05) is 0 Å². The van der Waals surface area contributed by atoms with Gasteiger partial charge in [-0.15, -0.1) is 11.3 Å². The Morgan fingerprint density at radius 1 is 0.826 bits per heavy atom. The smallest absolute Gasteiger partial charge is 0.166 e. The minimum absolute atomic E-state index is 0.637. The van der Waals surface area contributed by atoms with E-state index < -0.39 is 5.60 Å². The SMILES string of the molecule is OC(c1ccc2ccccc2c1)(c1ccccn1)c1cccs1. The van der Waals surface area contributed by atoms with Crippen LogP contribution >= 0.6 is 11.3 Å². The fourth-order valence-electron chi connectivity index (χ4n) is 2.89. The first-order valence-corrected chi connectivity index (χ1v) is 8.33. The molecule has 0 aliphatic heterocycles. The van der Waals surface area contributed by atoms with Gasteiger partial charge in [-0.3, -0.25) is 4.98 Å². The van der Waals surface area contributed by atoms with Crippen LogP contribution in [0.3, 0.4) is 0 Å². The molecule has 0 amide bonds. The predicted octanol–water partition coefficient (Wildman–Crippen LogP) is 4.58. The van der Waals surface area contributed by atoms with Gasteiger partial charge < -0.3 is 5.11 Å². The van der Waals surface area contributed by atoms with Gasteiger partial charge in [0.05, 0.1) is 5.69 Å². The second-order valence-corrected chi connectivity index (χ2v) is 6.41. The standard InChI is InChI=1S/C20H15NOS/c22-20(19-9-5-13-23-19,18-8-3-4-12-21-18)17-11-10-15-6-1-2-7-16(15)14-17/h1-14,22H. The molecule has 2 aromatic carbocycles. The lowest BCUT2D eigenvalue weighted by molar-refractivity contribution is 0.125. The van der Waals surface area contributed by atoms with E-state index in [0.29, 0.717) is 5.69 Å². The van der Waals surface area contributed by atoms with E-state index in [0.717, 1.165) is 21.2 Å². The van der Waals surface area contributed by atoms with Crippen molar-refractivity contribution in [1.29, 1.82) is 0 Å². The van der Waals surface area contributed by atoms with Crippen molar-refractivity contribution in [2.24, 2.45) is 0 Å². The van der Waals surface area contributed by atoms with Crippen LogP contribution < -0.4 is 0 Å². The first-order chi connectivity index (χ1) is 11.3. The molecule has 0 fully saturated rings. The van der Waals surface area contributed by atoms with Crippen LogP contribution in [0, 0.1) is 0 Å². The molecule has 3 heteroatoms. The number of hydrogen-bond donors (Lipinski definition) is 1. The van der Waals surface area contributed by atoms with Gasteiger partial charge in [0, 0.05) is 11.1 Å². The minimum atomic E-state index is -1.24. The molecule has 2 aromatic heterocycles. The molecule has 23 heavy (non-hydrogen) atoms. The van der Waals surface area contributed by atoms with Crippen LogP contribution in [0.2, 0.25) is 0 Å². The minimum Gasteiger partial charge on any atom is -0.374 e. The Morgan fingerprint density at radius 3 is 2.39 bits per heavy atom. The predicted molar refractivity (Wildman–Crippen MR) is 94.6 cm³/mol. The quantitative estimate of drug-likeness (QED) is 0.600.